The summed E-state index contributed by atoms with van der Waals surface area (Å²) in [5.74, 6) is 0.0103. The highest BCUT2D eigenvalue weighted by molar-refractivity contribution is 7.89. The largest absolute Gasteiger partial charge is 0.314 e. The number of benzene rings is 2. The number of anilines is 1. The Balaban J connectivity index is 1.40. The van der Waals surface area contributed by atoms with Crippen molar-refractivity contribution >= 4 is 21.6 Å². The van der Waals surface area contributed by atoms with Crippen molar-refractivity contribution in [2.45, 2.75) is 37.1 Å². The first kappa shape index (κ1) is 21.0. The molecule has 160 valence electrons. The summed E-state index contributed by atoms with van der Waals surface area (Å²) in [6, 6.07) is 14.8. The summed E-state index contributed by atoms with van der Waals surface area (Å²) >= 11 is 0. The van der Waals surface area contributed by atoms with Gasteiger partial charge in [-0.1, -0.05) is 24.3 Å². The van der Waals surface area contributed by atoms with Crippen molar-refractivity contribution in [1.82, 2.24) is 9.21 Å². The topological polar surface area (TPSA) is 60.9 Å². The summed E-state index contributed by atoms with van der Waals surface area (Å²) in [5.41, 5.74) is 3.29. The van der Waals surface area contributed by atoms with E-state index < -0.39 is 10.0 Å². The number of amides is 1. The molecule has 0 N–H and O–H groups in total. The minimum Gasteiger partial charge on any atom is -0.314 e. The van der Waals surface area contributed by atoms with E-state index >= 15 is 0 Å². The number of para-hydroxylation sites is 1. The predicted molar refractivity (Wildman–Crippen MR) is 118 cm³/mol. The number of sulfonamides is 1. The fourth-order valence-electron chi connectivity index (χ4n) is 4.40. The number of piperazine rings is 1. The normalized spacial score (nSPS) is 18.7. The predicted octanol–water partition coefficient (Wildman–Crippen LogP) is 2.53. The van der Waals surface area contributed by atoms with Crippen LogP contribution in [0.4, 0.5) is 5.69 Å². The molecule has 2 aliphatic rings. The number of carbonyl (C=O) groups excluding carboxylic acids is 1. The molecule has 1 fully saturated rings. The average molecular weight is 428 g/mol. The Hall–Kier alpha value is -2.22. The van der Waals surface area contributed by atoms with Gasteiger partial charge in [0.15, 0.2) is 0 Å². The molecule has 0 radical (unpaired) electrons. The second kappa shape index (κ2) is 8.49. The molecule has 1 amide bonds. The van der Waals surface area contributed by atoms with Crippen molar-refractivity contribution in [3.05, 3.63) is 59.7 Å². The number of rotatable bonds is 5. The zero-order chi connectivity index (χ0) is 21.3. The highest BCUT2D eigenvalue weighted by Gasteiger charge is 2.33. The van der Waals surface area contributed by atoms with Crippen LogP contribution in [-0.2, 0) is 27.7 Å². The number of hydrogen-bond donors (Lipinski definition) is 0. The first-order valence-corrected chi connectivity index (χ1v) is 12.0. The van der Waals surface area contributed by atoms with Gasteiger partial charge >= 0.3 is 0 Å². The van der Waals surface area contributed by atoms with Crippen molar-refractivity contribution in [3.8, 4) is 0 Å². The highest BCUT2D eigenvalue weighted by atomic mass is 32.2. The van der Waals surface area contributed by atoms with Crippen molar-refractivity contribution in [3.63, 3.8) is 0 Å². The van der Waals surface area contributed by atoms with E-state index in [1.807, 2.05) is 49.4 Å². The quantitative estimate of drug-likeness (QED) is 0.736. The maximum Gasteiger partial charge on any atom is 0.243 e. The van der Waals surface area contributed by atoms with Gasteiger partial charge in [-0.25, -0.2) is 8.42 Å². The van der Waals surface area contributed by atoms with Crippen molar-refractivity contribution in [2.24, 2.45) is 0 Å². The van der Waals surface area contributed by atoms with Gasteiger partial charge in [0.05, 0.1) is 10.9 Å². The molecular formula is C23H29N3O3S. The van der Waals surface area contributed by atoms with Crippen molar-refractivity contribution in [1.29, 1.82) is 0 Å². The first-order chi connectivity index (χ1) is 14.4. The highest BCUT2D eigenvalue weighted by Crippen LogP contribution is 2.27. The molecule has 0 spiro atoms. The molecule has 0 saturated carbocycles. The molecule has 0 aromatic heterocycles. The second-order valence-electron chi connectivity index (χ2n) is 8.13. The minimum atomic E-state index is -3.50. The van der Waals surface area contributed by atoms with E-state index in [1.165, 1.54) is 5.56 Å². The third-order valence-electron chi connectivity index (χ3n) is 6.36. The monoisotopic (exact) mass is 427 g/mol. The van der Waals surface area contributed by atoms with Gasteiger partial charge in [0.1, 0.15) is 0 Å². The van der Waals surface area contributed by atoms with Gasteiger partial charge in [0.25, 0.3) is 0 Å². The van der Waals surface area contributed by atoms with Gasteiger partial charge in [0, 0.05) is 38.9 Å². The molecule has 0 bridgehead atoms. The SMILES string of the molecule is C[C@H](C(=O)N(C)c1ccccc1)N1CCN(S(=O)(=O)c2ccc3c(c2)CCC3)CC1. The third kappa shape index (κ3) is 4.02. The average Bonchev–Trinajstić information content (AvgIpc) is 3.26. The molecule has 1 heterocycles. The lowest BCUT2D eigenvalue weighted by atomic mass is 10.1. The molecule has 1 saturated heterocycles. The fourth-order valence-corrected chi connectivity index (χ4v) is 5.88. The van der Waals surface area contributed by atoms with Crippen LogP contribution in [0.1, 0.15) is 24.5 Å². The summed E-state index contributed by atoms with van der Waals surface area (Å²) in [6.07, 6.45) is 3.10. The van der Waals surface area contributed by atoms with Gasteiger partial charge in [0.2, 0.25) is 15.9 Å². The summed E-state index contributed by atoms with van der Waals surface area (Å²) in [5, 5.41) is 0. The molecule has 6 nitrogen and oxygen atoms in total. The van der Waals surface area contributed by atoms with Gasteiger partial charge < -0.3 is 4.90 Å². The standard InChI is InChI=1S/C23H29N3O3S/c1-18(23(27)24(2)21-9-4-3-5-10-21)25-13-15-26(16-14-25)30(28,29)22-12-11-19-7-6-8-20(19)17-22/h3-5,9-12,17-18H,6-8,13-16H2,1-2H3/t18-/m1/s1. The van der Waals surface area contributed by atoms with Crippen LogP contribution in [0.2, 0.25) is 0 Å². The lowest BCUT2D eigenvalue weighted by molar-refractivity contribution is -0.123. The molecule has 4 rings (SSSR count). The minimum absolute atomic E-state index is 0.0103. The van der Waals surface area contributed by atoms with Crippen LogP contribution in [0.25, 0.3) is 0 Å². The Morgan fingerprint density at radius 2 is 1.63 bits per heavy atom. The van der Waals surface area contributed by atoms with Crippen LogP contribution in [-0.4, -0.2) is 62.8 Å². The summed E-state index contributed by atoms with van der Waals surface area (Å²) in [7, 11) is -1.72. The summed E-state index contributed by atoms with van der Waals surface area (Å²) in [6.45, 7) is 3.77. The van der Waals surface area contributed by atoms with E-state index in [2.05, 4.69) is 4.90 Å². The van der Waals surface area contributed by atoms with Crippen LogP contribution in [0.15, 0.2) is 53.4 Å². The third-order valence-corrected chi connectivity index (χ3v) is 8.25. The van der Waals surface area contributed by atoms with Gasteiger partial charge in [-0.15, -0.1) is 0 Å². The molecule has 7 heteroatoms. The van der Waals surface area contributed by atoms with E-state index in [9.17, 15) is 13.2 Å². The number of carbonyl (C=O) groups is 1. The van der Waals surface area contributed by atoms with E-state index in [0.29, 0.717) is 31.1 Å². The lowest BCUT2D eigenvalue weighted by Gasteiger charge is -2.37. The summed E-state index contributed by atoms with van der Waals surface area (Å²) in [4.78, 5) is 17.0. The Labute approximate surface area is 179 Å². The number of fused-ring (bicyclic) bond motifs is 1. The van der Waals surface area contributed by atoms with Crippen LogP contribution in [0, 0.1) is 0 Å². The number of likely N-dealkylation sites (N-methyl/N-ethyl adjacent to an activating group) is 1. The molecule has 1 aliphatic carbocycles. The smallest absolute Gasteiger partial charge is 0.243 e. The zero-order valence-electron chi connectivity index (χ0n) is 17.6. The van der Waals surface area contributed by atoms with E-state index in [1.54, 1.807) is 22.3 Å². The Morgan fingerprint density at radius 1 is 0.967 bits per heavy atom. The molecular weight excluding hydrogens is 398 g/mol. The molecule has 2 aromatic carbocycles. The maximum atomic E-state index is 13.1. The van der Waals surface area contributed by atoms with E-state index in [0.717, 1.165) is 30.5 Å². The van der Waals surface area contributed by atoms with Crippen LogP contribution in [0.3, 0.4) is 0 Å². The Kier molecular flexibility index (Phi) is 5.95. The number of hydrogen-bond acceptors (Lipinski definition) is 4. The Morgan fingerprint density at radius 3 is 2.33 bits per heavy atom. The maximum absolute atomic E-state index is 13.1. The molecule has 0 unspecified atom stereocenters. The van der Waals surface area contributed by atoms with Gasteiger partial charge in [-0.05, 0) is 61.6 Å². The number of aryl methyl sites for hydroxylation is 2. The van der Waals surface area contributed by atoms with Gasteiger partial charge in [-0.2, -0.15) is 4.31 Å². The van der Waals surface area contributed by atoms with Crippen LogP contribution >= 0.6 is 0 Å². The lowest BCUT2D eigenvalue weighted by Crippen LogP contribution is -2.55. The molecule has 1 aliphatic heterocycles. The van der Waals surface area contributed by atoms with E-state index in [-0.39, 0.29) is 11.9 Å². The van der Waals surface area contributed by atoms with Crippen molar-refractivity contribution < 1.29 is 13.2 Å². The first-order valence-electron chi connectivity index (χ1n) is 10.6. The molecule has 1 atom stereocenters. The summed E-state index contributed by atoms with van der Waals surface area (Å²) < 4.78 is 27.8. The number of nitrogens with zero attached hydrogens (tertiary/aromatic N) is 3. The second-order valence-corrected chi connectivity index (χ2v) is 10.1. The zero-order valence-corrected chi connectivity index (χ0v) is 18.4. The van der Waals surface area contributed by atoms with Crippen LogP contribution < -0.4 is 4.90 Å². The van der Waals surface area contributed by atoms with Crippen LogP contribution in [0.5, 0.6) is 0 Å². The fraction of sp³-hybridized carbons (Fsp3) is 0.435. The Bertz CT molecular complexity index is 1020. The molecule has 30 heavy (non-hydrogen) atoms. The van der Waals surface area contributed by atoms with Gasteiger partial charge in [-0.3, -0.25) is 9.69 Å². The van der Waals surface area contributed by atoms with E-state index in [4.69, 9.17) is 0 Å². The molecule has 2 aromatic rings. The van der Waals surface area contributed by atoms with Crippen molar-refractivity contribution in [2.75, 3.05) is 38.1 Å².